The van der Waals surface area contributed by atoms with Gasteiger partial charge in [-0.25, -0.2) is 4.39 Å². The molecule has 3 rings (SSSR count). The normalized spacial score (nSPS) is 18.3. The number of ketones is 1. The number of hydrogen-bond acceptors (Lipinski definition) is 5. The zero-order valence-electron chi connectivity index (χ0n) is 17.3. The highest BCUT2D eigenvalue weighted by atomic mass is 19.1. The number of ether oxygens (including phenoxy) is 1. The molecule has 1 N–H and O–H groups in total. The molecule has 1 atom stereocenters. The Bertz CT molecular complexity index is 987. The van der Waals surface area contributed by atoms with Gasteiger partial charge in [0.25, 0.3) is 11.7 Å². The van der Waals surface area contributed by atoms with Crippen molar-refractivity contribution >= 4 is 17.4 Å². The van der Waals surface area contributed by atoms with Gasteiger partial charge in [0.2, 0.25) is 0 Å². The number of likely N-dealkylation sites (tertiary alicyclic amines) is 1. The molecule has 0 aliphatic carbocycles. The molecule has 1 saturated heterocycles. The van der Waals surface area contributed by atoms with E-state index < -0.39 is 23.5 Å². The van der Waals surface area contributed by atoms with Gasteiger partial charge in [-0.15, -0.1) is 0 Å². The van der Waals surface area contributed by atoms with Crippen LogP contribution < -0.4 is 4.74 Å². The number of aliphatic hydroxyl groups is 1. The first-order chi connectivity index (χ1) is 14.3. The third-order valence-electron chi connectivity index (χ3n) is 5.09. The molecule has 2 aromatic rings. The number of amides is 1. The van der Waals surface area contributed by atoms with Gasteiger partial charge in [-0.05, 0) is 45.3 Å². The molecule has 158 valence electrons. The van der Waals surface area contributed by atoms with Crippen LogP contribution in [0.4, 0.5) is 4.39 Å². The van der Waals surface area contributed by atoms with Gasteiger partial charge in [-0.2, -0.15) is 0 Å². The van der Waals surface area contributed by atoms with Crippen LogP contribution in [0.25, 0.3) is 5.76 Å². The summed E-state index contributed by atoms with van der Waals surface area (Å²) in [6.45, 7) is 0.958. The fourth-order valence-electron chi connectivity index (χ4n) is 3.61. The molecular weight excluding hydrogens is 387 g/mol. The van der Waals surface area contributed by atoms with Crippen LogP contribution in [0.5, 0.6) is 5.75 Å². The number of carbonyl (C=O) groups is 2. The van der Waals surface area contributed by atoms with E-state index in [0.717, 1.165) is 0 Å². The van der Waals surface area contributed by atoms with E-state index in [9.17, 15) is 19.1 Å². The number of methoxy groups -OCH3 is 1. The average molecular weight is 412 g/mol. The Balaban J connectivity index is 2.12. The fraction of sp³-hybridized carbons (Fsp3) is 0.304. The van der Waals surface area contributed by atoms with Gasteiger partial charge in [-0.1, -0.05) is 30.3 Å². The van der Waals surface area contributed by atoms with E-state index in [1.165, 1.54) is 24.1 Å². The Morgan fingerprint density at radius 3 is 2.57 bits per heavy atom. The van der Waals surface area contributed by atoms with E-state index in [4.69, 9.17) is 4.74 Å². The topological polar surface area (TPSA) is 70.1 Å². The van der Waals surface area contributed by atoms with Crippen LogP contribution in [-0.2, 0) is 9.59 Å². The van der Waals surface area contributed by atoms with E-state index in [1.807, 2.05) is 19.0 Å². The first-order valence-corrected chi connectivity index (χ1v) is 9.67. The molecule has 0 bridgehead atoms. The van der Waals surface area contributed by atoms with Gasteiger partial charge in [0.05, 0.1) is 18.7 Å². The second-order valence-electron chi connectivity index (χ2n) is 7.40. The van der Waals surface area contributed by atoms with Crippen molar-refractivity contribution in [3.63, 3.8) is 0 Å². The SMILES string of the molecule is COc1cccc(C(O)=C2C(=O)C(=O)N(CCCN(C)C)[C@@H]2c2ccccc2F)c1. The van der Waals surface area contributed by atoms with Crippen molar-refractivity contribution in [3.8, 4) is 5.75 Å². The summed E-state index contributed by atoms with van der Waals surface area (Å²) < 4.78 is 19.9. The summed E-state index contributed by atoms with van der Waals surface area (Å²) in [5.74, 6) is -1.98. The summed E-state index contributed by atoms with van der Waals surface area (Å²) in [6, 6.07) is 11.5. The predicted octanol–water partition coefficient (Wildman–Crippen LogP) is 3.21. The smallest absolute Gasteiger partial charge is 0.295 e. The number of Topliss-reactive ketones (excluding diaryl/α,β-unsaturated/α-hetero) is 1. The standard InChI is InChI=1S/C23H25FN2O4/c1-25(2)12-7-13-26-20(17-10-4-5-11-18(17)24)19(22(28)23(26)29)21(27)15-8-6-9-16(14-15)30-3/h4-6,8-11,14,20,27H,7,12-13H2,1-3H3/t20-/m1/s1. The molecular formula is C23H25FN2O4. The van der Waals surface area contributed by atoms with Gasteiger partial charge in [0.1, 0.15) is 17.3 Å². The Morgan fingerprint density at radius 2 is 1.90 bits per heavy atom. The highest BCUT2D eigenvalue weighted by molar-refractivity contribution is 6.46. The highest BCUT2D eigenvalue weighted by Crippen LogP contribution is 2.40. The molecule has 1 aliphatic rings. The Labute approximate surface area is 175 Å². The molecule has 0 aromatic heterocycles. The van der Waals surface area contributed by atoms with Crippen molar-refractivity contribution in [2.75, 3.05) is 34.3 Å². The summed E-state index contributed by atoms with van der Waals surface area (Å²) in [5.41, 5.74) is 0.371. The molecule has 2 aromatic carbocycles. The third kappa shape index (κ3) is 4.21. The molecule has 0 saturated carbocycles. The van der Waals surface area contributed by atoms with Gasteiger partial charge in [0, 0.05) is 17.7 Å². The summed E-state index contributed by atoms with van der Waals surface area (Å²) in [4.78, 5) is 29.0. The minimum Gasteiger partial charge on any atom is -0.507 e. The Kier molecular flexibility index (Phi) is 6.52. The third-order valence-corrected chi connectivity index (χ3v) is 5.09. The van der Waals surface area contributed by atoms with Crippen LogP contribution >= 0.6 is 0 Å². The largest absolute Gasteiger partial charge is 0.507 e. The zero-order chi connectivity index (χ0) is 21.8. The average Bonchev–Trinajstić information content (AvgIpc) is 2.98. The maximum atomic E-state index is 14.7. The first-order valence-electron chi connectivity index (χ1n) is 9.67. The maximum Gasteiger partial charge on any atom is 0.295 e. The van der Waals surface area contributed by atoms with Crippen molar-refractivity contribution < 1.29 is 23.8 Å². The van der Waals surface area contributed by atoms with Gasteiger partial charge in [0.15, 0.2) is 0 Å². The molecule has 7 heteroatoms. The second-order valence-corrected chi connectivity index (χ2v) is 7.40. The van der Waals surface area contributed by atoms with E-state index >= 15 is 0 Å². The number of rotatable bonds is 7. The number of halogens is 1. The number of carbonyl (C=O) groups excluding carboxylic acids is 2. The van der Waals surface area contributed by atoms with Crippen molar-refractivity contribution in [3.05, 3.63) is 71.0 Å². The molecule has 30 heavy (non-hydrogen) atoms. The number of nitrogens with zero attached hydrogens (tertiary/aromatic N) is 2. The number of aliphatic hydroxyl groups excluding tert-OH is 1. The molecule has 1 heterocycles. The predicted molar refractivity (Wildman–Crippen MR) is 112 cm³/mol. The lowest BCUT2D eigenvalue weighted by Crippen LogP contribution is -2.32. The van der Waals surface area contributed by atoms with E-state index in [1.54, 1.807) is 36.4 Å². The van der Waals surface area contributed by atoms with Gasteiger partial charge >= 0.3 is 0 Å². The molecule has 6 nitrogen and oxygen atoms in total. The Morgan fingerprint density at radius 1 is 1.17 bits per heavy atom. The Hall–Kier alpha value is -3.19. The summed E-state index contributed by atoms with van der Waals surface area (Å²) >= 11 is 0. The van der Waals surface area contributed by atoms with E-state index in [0.29, 0.717) is 24.3 Å². The van der Waals surface area contributed by atoms with Crippen molar-refractivity contribution in [1.82, 2.24) is 9.80 Å². The van der Waals surface area contributed by atoms with Crippen LogP contribution in [0.1, 0.15) is 23.6 Å². The lowest BCUT2D eigenvalue weighted by Gasteiger charge is -2.26. The van der Waals surface area contributed by atoms with Crippen molar-refractivity contribution in [2.24, 2.45) is 0 Å². The molecule has 1 aliphatic heterocycles. The first kappa shape index (κ1) is 21.5. The van der Waals surface area contributed by atoms with Crippen LogP contribution in [0.3, 0.4) is 0 Å². The monoisotopic (exact) mass is 412 g/mol. The maximum absolute atomic E-state index is 14.7. The molecule has 0 spiro atoms. The van der Waals surface area contributed by atoms with Crippen LogP contribution in [0, 0.1) is 5.82 Å². The number of benzene rings is 2. The molecule has 1 fully saturated rings. The summed E-state index contributed by atoms with van der Waals surface area (Å²) in [7, 11) is 5.30. The van der Waals surface area contributed by atoms with E-state index in [-0.39, 0.29) is 23.4 Å². The zero-order valence-corrected chi connectivity index (χ0v) is 17.3. The molecule has 0 radical (unpaired) electrons. The van der Waals surface area contributed by atoms with Gasteiger partial charge in [-0.3, -0.25) is 9.59 Å². The van der Waals surface area contributed by atoms with Crippen LogP contribution in [0.2, 0.25) is 0 Å². The number of hydrogen-bond donors (Lipinski definition) is 1. The summed E-state index contributed by atoms with van der Waals surface area (Å²) in [6.07, 6.45) is 0.601. The fourth-order valence-corrected chi connectivity index (χ4v) is 3.61. The lowest BCUT2D eigenvalue weighted by atomic mass is 9.95. The van der Waals surface area contributed by atoms with Gasteiger partial charge < -0.3 is 19.6 Å². The van der Waals surface area contributed by atoms with Crippen LogP contribution in [-0.4, -0.2) is 60.9 Å². The highest BCUT2D eigenvalue weighted by Gasteiger charge is 2.46. The quantitative estimate of drug-likeness (QED) is 0.430. The van der Waals surface area contributed by atoms with E-state index in [2.05, 4.69) is 0 Å². The lowest BCUT2D eigenvalue weighted by molar-refractivity contribution is -0.140. The minimum atomic E-state index is -1.00. The van der Waals surface area contributed by atoms with Crippen molar-refractivity contribution in [1.29, 1.82) is 0 Å². The summed E-state index contributed by atoms with van der Waals surface area (Å²) in [5, 5.41) is 11.0. The molecule has 0 unspecified atom stereocenters. The van der Waals surface area contributed by atoms with Crippen LogP contribution in [0.15, 0.2) is 54.1 Å². The minimum absolute atomic E-state index is 0.122. The second kappa shape index (κ2) is 9.09. The molecule has 1 amide bonds. The van der Waals surface area contributed by atoms with Crippen molar-refractivity contribution in [2.45, 2.75) is 12.5 Å².